The van der Waals surface area contributed by atoms with Gasteiger partial charge in [0.15, 0.2) is 0 Å². The van der Waals surface area contributed by atoms with Crippen LogP contribution in [0.25, 0.3) is 0 Å². The zero-order valence-electron chi connectivity index (χ0n) is 15.3. The van der Waals surface area contributed by atoms with E-state index in [1.54, 1.807) is 18.5 Å². The van der Waals surface area contributed by atoms with Gasteiger partial charge in [0, 0.05) is 56.4 Å². The maximum absolute atomic E-state index is 13.1. The molecule has 0 spiro atoms. The second kappa shape index (κ2) is 8.69. The fraction of sp³-hybridized carbons (Fsp3) is 0.250. The summed E-state index contributed by atoms with van der Waals surface area (Å²) in [6.45, 7) is 0.857. The quantitative estimate of drug-likeness (QED) is 0.659. The van der Waals surface area contributed by atoms with Gasteiger partial charge in [0.05, 0.1) is 5.56 Å². The molecule has 3 heterocycles. The predicted molar refractivity (Wildman–Crippen MR) is 102 cm³/mol. The van der Waals surface area contributed by atoms with Crippen molar-refractivity contribution in [1.29, 1.82) is 0 Å². The Labute approximate surface area is 161 Å². The van der Waals surface area contributed by atoms with Gasteiger partial charge in [-0.05, 0) is 30.3 Å². The van der Waals surface area contributed by atoms with Gasteiger partial charge < -0.3 is 10.2 Å². The van der Waals surface area contributed by atoms with Crippen LogP contribution >= 0.6 is 0 Å². The number of nitrogens with one attached hydrogen (secondary N) is 1. The average Bonchev–Trinajstić information content (AvgIpc) is 2.71. The summed E-state index contributed by atoms with van der Waals surface area (Å²) in [6.07, 6.45) is 1.02. The van der Waals surface area contributed by atoms with Crippen LogP contribution in [0.4, 0.5) is 24.8 Å². The molecule has 3 rings (SSSR count). The first kappa shape index (κ1) is 19.6. The molecule has 0 unspecified atom stereocenters. The first-order valence-electron chi connectivity index (χ1n) is 8.76. The van der Waals surface area contributed by atoms with E-state index in [4.69, 9.17) is 0 Å². The van der Waals surface area contributed by atoms with Crippen molar-refractivity contribution in [2.45, 2.75) is 19.1 Å². The molecule has 0 bridgehead atoms. The number of hydrogen-bond acceptors (Lipinski definition) is 5. The van der Waals surface area contributed by atoms with E-state index in [9.17, 15) is 13.2 Å². The SMILES string of the molecule is CN(CCc1ccccn1)c1ncccc1CNc1ncccc1C(F)(F)F. The third-order valence-corrected chi connectivity index (χ3v) is 4.22. The van der Waals surface area contributed by atoms with Gasteiger partial charge in [0.2, 0.25) is 0 Å². The lowest BCUT2D eigenvalue weighted by atomic mass is 10.2. The first-order valence-corrected chi connectivity index (χ1v) is 8.76. The van der Waals surface area contributed by atoms with Gasteiger partial charge in [0.25, 0.3) is 0 Å². The van der Waals surface area contributed by atoms with Crippen molar-refractivity contribution in [3.63, 3.8) is 0 Å². The smallest absolute Gasteiger partial charge is 0.365 e. The molecular formula is C20H20F3N5. The minimum absolute atomic E-state index is 0.178. The van der Waals surface area contributed by atoms with Crippen molar-refractivity contribution in [1.82, 2.24) is 15.0 Å². The van der Waals surface area contributed by atoms with Crippen LogP contribution in [0.1, 0.15) is 16.8 Å². The molecule has 0 radical (unpaired) electrons. The van der Waals surface area contributed by atoms with Crippen LogP contribution in [0.5, 0.6) is 0 Å². The van der Waals surface area contributed by atoms with E-state index in [1.807, 2.05) is 36.2 Å². The van der Waals surface area contributed by atoms with Crippen molar-refractivity contribution in [2.75, 3.05) is 23.8 Å². The summed E-state index contributed by atoms with van der Waals surface area (Å²) >= 11 is 0. The zero-order chi connectivity index (χ0) is 20.0. The van der Waals surface area contributed by atoms with Gasteiger partial charge in [0.1, 0.15) is 11.6 Å². The standard InChI is InChI=1S/C20H20F3N5/c1-28(13-9-16-7-2-3-10-24-16)19-15(6-4-12-26-19)14-27-18-17(20(21,22)23)8-5-11-25-18/h2-8,10-12H,9,13-14H2,1H3,(H,25,27). The first-order chi connectivity index (χ1) is 13.4. The summed E-state index contributed by atoms with van der Waals surface area (Å²) in [7, 11) is 1.90. The zero-order valence-corrected chi connectivity index (χ0v) is 15.3. The van der Waals surface area contributed by atoms with Crippen LogP contribution < -0.4 is 10.2 Å². The number of aromatic nitrogens is 3. The normalized spacial score (nSPS) is 11.3. The Morgan fingerprint density at radius 2 is 1.68 bits per heavy atom. The van der Waals surface area contributed by atoms with Crippen LogP contribution in [0, 0.1) is 0 Å². The van der Waals surface area contributed by atoms with E-state index in [0.29, 0.717) is 12.4 Å². The Bertz CT molecular complexity index is 900. The average molecular weight is 387 g/mol. The molecule has 0 saturated carbocycles. The largest absolute Gasteiger partial charge is 0.419 e. The van der Waals surface area contributed by atoms with Gasteiger partial charge >= 0.3 is 6.18 Å². The van der Waals surface area contributed by atoms with Crippen LogP contribution in [-0.2, 0) is 19.1 Å². The van der Waals surface area contributed by atoms with E-state index in [-0.39, 0.29) is 12.4 Å². The number of rotatable bonds is 7. The number of halogens is 3. The monoisotopic (exact) mass is 387 g/mol. The third-order valence-electron chi connectivity index (χ3n) is 4.22. The highest BCUT2D eigenvalue weighted by Gasteiger charge is 2.34. The topological polar surface area (TPSA) is 53.9 Å². The summed E-state index contributed by atoms with van der Waals surface area (Å²) in [5.74, 6) is 0.511. The second-order valence-electron chi connectivity index (χ2n) is 6.23. The molecule has 0 aromatic carbocycles. The lowest BCUT2D eigenvalue weighted by Gasteiger charge is -2.21. The molecule has 1 N–H and O–H groups in total. The minimum Gasteiger partial charge on any atom is -0.365 e. The fourth-order valence-electron chi connectivity index (χ4n) is 2.80. The molecule has 5 nitrogen and oxygen atoms in total. The number of pyridine rings is 3. The van der Waals surface area contributed by atoms with Gasteiger partial charge in [-0.3, -0.25) is 4.98 Å². The second-order valence-corrected chi connectivity index (χ2v) is 6.23. The van der Waals surface area contributed by atoms with Crippen LogP contribution in [0.3, 0.4) is 0 Å². The molecule has 0 amide bonds. The van der Waals surface area contributed by atoms with Gasteiger partial charge in [-0.1, -0.05) is 12.1 Å². The highest BCUT2D eigenvalue weighted by molar-refractivity contribution is 5.51. The van der Waals surface area contributed by atoms with Crippen LogP contribution in [0.2, 0.25) is 0 Å². The molecule has 3 aromatic heterocycles. The number of hydrogen-bond donors (Lipinski definition) is 1. The predicted octanol–water partition coefficient (Wildman–Crippen LogP) is 4.18. The summed E-state index contributed by atoms with van der Waals surface area (Å²) in [6, 6.07) is 11.6. The van der Waals surface area contributed by atoms with Crippen LogP contribution in [0.15, 0.2) is 61.1 Å². The number of likely N-dealkylation sites (N-methyl/N-ethyl adjacent to an activating group) is 1. The number of anilines is 2. The minimum atomic E-state index is -4.46. The van der Waals surface area contributed by atoms with Crippen molar-refractivity contribution in [3.8, 4) is 0 Å². The van der Waals surface area contributed by atoms with E-state index >= 15 is 0 Å². The molecule has 0 fully saturated rings. The van der Waals surface area contributed by atoms with E-state index in [0.717, 1.165) is 23.7 Å². The highest BCUT2D eigenvalue weighted by atomic mass is 19.4. The van der Waals surface area contributed by atoms with Crippen molar-refractivity contribution < 1.29 is 13.2 Å². The van der Waals surface area contributed by atoms with Crippen molar-refractivity contribution in [2.24, 2.45) is 0 Å². The maximum Gasteiger partial charge on any atom is 0.419 e. The Morgan fingerprint density at radius 3 is 2.43 bits per heavy atom. The molecule has 0 aliphatic rings. The molecule has 0 atom stereocenters. The Kier molecular flexibility index (Phi) is 6.08. The molecule has 8 heteroatoms. The fourth-order valence-corrected chi connectivity index (χ4v) is 2.80. The lowest BCUT2D eigenvalue weighted by molar-refractivity contribution is -0.137. The Hall–Kier alpha value is -3.16. The van der Waals surface area contributed by atoms with E-state index in [1.165, 1.54) is 12.3 Å². The summed E-state index contributed by atoms with van der Waals surface area (Å²) in [5, 5.41) is 2.80. The van der Waals surface area contributed by atoms with Gasteiger partial charge in [-0.15, -0.1) is 0 Å². The summed E-state index contributed by atoms with van der Waals surface area (Å²) in [5.41, 5.74) is 0.960. The third kappa shape index (κ3) is 4.97. The Morgan fingerprint density at radius 1 is 0.929 bits per heavy atom. The molecule has 146 valence electrons. The molecular weight excluding hydrogens is 367 g/mol. The lowest BCUT2D eigenvalue weighted by Crippen LogP contribution is -2.23. The summed E-state index contributed by atoms with van der Waals surface area (Å²) in [4.78, 5) is 14.5. The van der Waals surface area contributed by atoms with E-state index < -0.39 is 11.7 Å². The number of alkyl halides is 3. The van der Waals surface area contributed by atoms with Gasteiger partial charge in [-0.2, -0.15) is 13.2 Å². The molecule has 0 aliphatic carbocycles. The number of nitrogens with zero attached hydrogens (tertiary/aromatic N) is 4. The molecule has 3 aromatic rings. The maximum atomic E-state index is 13.1. The highest BCUT2D eigenvalue weighted by Crippen LogP contribution is 2.33. The van der Waals surface area contributed by atoms with Crippen molar-refractivity contribution in [3.05, 3.63) is 77.9 Å². The Balaban J connectivity index is 1.71. The van der Waals surface area contributed by atoms with Gasteiger partial charge in [-0.25, -0.2) is 9.97 Å². The van der Waals surface area contributed by atoms with Crippen LogP contribution in [-0.4, -0.2) is 28.5 Å². The van der Waals surface area contributed by atoms with E-state index in [2.05, 4.69) is 20.3 Å². The van der Waals surface area contributed by atoms with Crippen molar-refractivity contribution >= 4 is 11.6 Å². The molecule has 28 heavy (non-hydrogen) atoms. The molecule has 0 aliphatic heterocycles. The molecule has 0 saturated heterocycles. The summed E-state index contributed by atoms with van der Waals surface area (Å²) < 4.78 is 39.4.